The maximum absolute atomic E-state index is 10.6. The molecule has 0 unspecified atom stereocenters. The van der Waals surface area contributed by atoms with Crippen LogP contribution in [-0.4, -0.2) is 5.78 Å². The van der Waals surface area contributed by atoms with Gasteiger partial charge in [-0.2, -0.15) is 0 Å². The molecule has 1 N–H and O–H groups in total. The highest BCUT2D eigenvalue weighted by atomic mass is 35.5. The lowest BCUT2D eigenvalue weighted by atomic mass is 10.2. The largest absolute Gasteiger partial charge is 0.387 e. The van der Waals surface area contributed by atoms with E-state index in [2.05, 4.69) is 5.32 Å². The Morgan fingerprint density at radius 3 is 2.86 bits per heavy atom. The number of nitrogens with one attached hydrogen (secondary N) is 1. The summed E-state index contributed by atoms with van der Waals surface area (Å²) >= 11 is 5.93. The predicted molar refractivity (Wildman–Crippen MR) is 58.1 cm³/mol. The van der Waals surface area contributed by atoms with Crippen LogP contribution >= 0.6 is 11.6 Å². The summed E-state index contributed by atoms with van der Waals surface area (Å²) in [5.41, 5.74) is 1.02. The van der Waals surface area contributed by atoms with Crippen LogP contribution in [0.3, 0.4) is 0 Å². The zero-order chi connectivity index (χ0) is 10.4. The van der Waals surface area contributed by atoms with Gasteiger partial charge in [0, 0.05) is 17.8 Å². The van der Waals surface area contributed by atoms with Crippen LogP contribution in [0.2, 0.25) is 5.02 Å². The Hall–Kier alpha value is -1.28. The van der Waals surface area contributed by atoms with Crippen LogP contribution in [0.25, 0.3) is 0 Å². The maximum atomic E-state index is 10.6. The van der Waals surface area contributed by atoms with Gasteiger partial charge in [0.15, 0.2) is 5.78 Å². The van der Waals surface area contributed by atoms with E-state index in [9.17, 15) is 4.79 Å². The predicted octanol–water partition coefficient (Wildman–Crippen LogP) is 2.53. The lowest BCUT2D eigenvalue weighted by molar-refractivity contribution is -0.112. The van der Waals surface area contributed by atoms with Crippen molar-refractivity contribution in [3.63, 3.8) is 0 Å². The zero-order valence-electron chi connectivity index (χ0n) is 7.96. The van der Waals surface area contributed by atoms with Gasteiger partial charge in [0.2, 0.25) is 0 Å². The Labute approximate surface area is 88.6 Å². The molecule has 0 spiro atoms. The summed E-state index contributed by atoms with van der Waals surface area (Å²) in [6.45, 7) is 2.14. The quantitative estimate of drug-likeness (QED) is 0.773. The summed E-state index contributed by atoms with van der Waals surface area (Å²) in [6.07, 6.45) is 3.11. The van der Waals surface area contributed by atoms with Crippen LogP contribution in [0.15, 0.2) is 36.5 Å². The molecule has 2 nitrogen and oxygen atoms in total. The number of allylic oxidation sites excluding steroid dienone is 1. The van der Waals surface area contributed by atoms with E-state index in [1.165, 1.54) is 13.0 Å². The summed E-state index contributed by atoms with van der Waals surface area (Å²) in [7, 11) is 0. The van der Waals surface area contributed by atoms with Crippen LogP contribution in [-0.2, 0) is 11.3 Å². The molecule has 74 valence electrons. The molecule has 0 amide bonds. The molecule has 1 rings (SSSR count). The molecule has 0 aliphatic carbocycles. The highest BCUT2D eigenvalue weighted by Gasteiger charge is 1.95. The molecular formula is C11H12ClNO. The minimum absolute atomic E-state index is 0.0247. The number of hydrogen-bond acceptors (Lipinski definition) is 2. The summed E-state index contributed by atoms with van der Waals surface area (Å²) in [5.74, 6) is 0.0247. The average Bonchev–Trinajstić information content (AvgIpc) is 2.15. The molecule has 0 atom stereocenters. The van der Waals surface area contributed by atoms with Gasteiger partial charge in [-0.15, -0.1) is 0 Å². The highest BCUT2D eigenvalue weighted by molar-refractivity contribution is 6.31. The molecular weight excluding hydrogens is 198 g/mol. The number of halogens is 1. The monoisotopic (exact) mass is 209 g/mol. The lowest BCUT2D eigenvalue weighted by Gasteiger charge is -2.02. The molecule has 0 saturated heterocycles. The van der Waals surface area contributed by atoms with Crippen LogP contribution in [0, 0.1) is 0 Å². The standard InChI is InChI=1S/C11H12ClNO/c1-9(14)6-7-13-8-10-4-2-3-5-11(10)12/h2-7,13H,8H2,1H3/b7-6+. The fourth-order valence-corrected chi connectivity index (χ4v) is 1.19. The van der Waals surface area contributed by atoms with E-state index >= 15 is 0 Å². The molecule has 14 heavy (non-hydrogen) atoms. The van der Waals surface area contributed by atoms with Crippen LogP contribution in [0.1, 0.15) is 12.5 Å². The van der Waals surface area contributed by atoms with Crippen molar-refractivity contribution in [3.8, 4) is 0 Å². The molecule has 0 aromatic heterocycles. The van der Waals surface area contributed by atoms with Crippen molar-refractivity contribution < 1.29 is 4.79 Å². The van der Waals surface area contributed by atoms with Gasteiger partial charge in [-0.3, -0.25) is 4.79 Å². The van der Waals surface area contributed by atoms with Crippen LogP contribution in [0.4, 0.5) is 0 Å². The smallest absolute Gasteiger partial charge is 0.154 e. The summed E-state index contributed by atoms with van der Waals surface area (Å²) in [5, 5.41) is 3.72. The Morgan fingerprint density at radius 2 is 2.21 bits per heavy atom. The molecule has 0 aliphatic rings. The van der Waals surface area contributed by atoms with E-state index in [1.807, 2.05) is 24.3 Å². The summed E-state index contributed by atoms with van der Waals surface area (Å²) in [6, 6.07) is 7.60. The molecule has 0 aliphatic heterocycles. The van der Waals surface area contributed by atoms with Crippen LogP contribution < -0.4 is 5.32 Å². The first-order valence-electron chi connectivity index (χ1n) is 4.34. The first kappa shape index (κ1) is 10.8. The third-order valence-corrected chi connectivity index (χ3v) is 2.05. The molecule has 0 heterocycles. The molecule has 1 aromatic rings. The number of ketones is 1. The van der Waals surface area contributed by atoms with E-state index in [1.54, 1.807) is 6.20 Å². The molecule has 1 aromatic carbocycles. The minimum atomic E-state index is 0.0247. The van der Waals surface area contributed by atoms with Gasteiger partial charge >= 0.3 is 0 Å². The first-order chi connectivity index (χ1) is 6.70. The molecule has 0 saturated carbocycles. The normalized spacial score (nSPS) is 10.4. The Bertz CT molecular complexity index is 347. The van der Waals surface area contributed by atoms with E-state index in [0.29, 0.717) is 6.54 Å². The second-order valence-electron chi connectivity index (χ2n) is 2.92. The van der Waals surface area contributed by atoms with Gasteiger partial charge in [0.05, 0.1) is 0 Å². The molecule has 3 heteroatoms. The van der Waals surface area contributed by atoms with E-state index in [0.717, 1.165) is 10.6 Å². The maximum Gasteiger partial charge on any atom is 0.154 e. The highest BCUT2D eigenvalue weighted by Crippen LogP contribution is 2.13. The third-order valence-electron chi connectivity index (χ3n) is 1.69. The van der Waals surface area contributed by atoms with Gasteiger partial charge in [0.25, 0.3) is 0 Å². The third kappa shape index (κ3) is 3.62. The fraction of sp³-hybridized carbons (Fsp3) is 0.182. The molecule has 0 radical (unpaired) electrons. The van der Waals surface area contributed by atoms with Crippen molar-refractivity contribution in [2.24, 2.45) is 0 Å². The molecule has 0 bridgehead atoms. The zero-order valence-corrected chi connectivity index (χ0v) is 8.71. The Balaban J connectivity index is 2.46. The van der Waals surface area contributed by atoms with Gasteiger partial charge in [-0.05, 0) is 24.6 Å². The fourth-order valence-electron chi connectivity index (χ4n) is 0.987. The number of hydrogen-bond donors (Lipinski definition) is 1. The van der Waals surface area contributed by atoms with Gasteiger partial charge in [0.1, 0.15) is 0 Å². The van der Waals surface area contributed by atoms with E-state index in [-0.39, 0.29) is 5.78 Å². The number of carbonyl (C=O) groups excluding carboxylic acids is 1. The van der Waals surface area contributed by atoms with Crippen molar-refractivity contribution in [1.82, 2.24) is 5.32 Å². The summed E-state index contributed by atoms with van der Waals surface area (Å²) < 4.78 is 0. The van der Waals surface area contributed by atoms with E-state index < -0.39 is 0 Å². The second-order valence-corrected chi connectivity index (χ2v) is 3.32. The Morgan fingerprint density at radius 1 is 1.50 bits per heavy atom. The number of benzene rings is 1. The van der Waals surface area contributed by atoms with Crippen molar-refractivity contribution in [2.45, 2.75) is 13.5 Å². The second kappa shape index (κ2) is 5.45. The van der Waals surface area contributed by atoms with Crippen LogP contribution in [0.5, 0.6) is 0 Å². The van der Waals surface area contributed by atoms with Gasteiger partial charge in [-0.25, -0.2) is 0 Å². The van der Waals surface area contributed by atoms with E-state index in [4.69, 9.17) is 11.6 Å². The molecule has 0 fully saturated rings. The van der Waals surface area contributed by atoms with Crippen molar-refractivity contribution >= 4 is 17.4 Å². The average molecular weight is 210 g/mol. The number of carbonyl (C=O) groups is 1. The van der Waals surface area contributed by atoms with Crippen molar-refractivity contribution in [1.29, 1.82) is 0 Å². The van der Waals surface area contributed by atoms with Gasteiger partial charge < -0.3 is 5.32 Å². The lowest BCUT2D eigenvalue weighted by Crippen LogP contribution is -2.05. The minimum Gasteiger partial charge on any atom is -0.387 e. The van der Waals surface area contributed by atoms with Crippen molar-refractivity contribution in [2.75, 3.05) is 0 Å². The van der Waals surface area contributed by atoms with Gasteiger partial charge in [-0.1, -0.05) is 29.8 Å². The topological polar surface area (TPSA) is 29.1 Å². The first-order valence-corrected chi connectivity index (χ1v) is 4.72. The van der Waals surface area contributed by atoms with Crippen molar-refractivity contribution in [3.05, 3.63) is 47.1 Å². The number of rotatable bonds is 4. The summed E-state index contributed by atoms with van der Waals surface area (Å²) in [4.78, 5) is 10.6. The Kier molecular flexibility index (Phi) is 4.20. The SMILES string of the molecule is CC(=O)/C=C/NCc1ccccc1Cl.